The molecule has 1 N–H and O–H groups in total. The van der Waals surface area contributed by atoms with E-state index in [4.69, 9.17) is 9.47 Å². The molecule has 1 aliphatic carbocycles. The molecule has 1 atom stereocenters. The molecule has 0 amide bonds. The zero-order valence-electron chi connectivity index (χ0n) is 23.3. The second kappa shape index (κ2) is 13.9. The van der Waals surface area contributed by atoms with E-state index >= 15 is 0 Å². The summed E-state index contributed by atoms with van der Waals surface area (Å²) in [6, 6.07) is 5.65. The van der Waals surface area contributed by atoms with Gasteiger partial charge < -0.3 is 14.6 Å². The van der Waals surface area contributed by atoms with Crippen LogP contribution in [0.25, 0.3) is 0 Å². The van der Waals surface area contributed by atoms with Gasteiger partial charge >= 0.3 is 11.9 Å². The van der Waals surface area contributed by atoms with Gasteiger partial charge in [0.25, 0.3) is 0 Å². The number of hydrogen-bond donors (Lipinski definition) is 1. The highest BCUT2D eigenvalue weighted by Gasteiger charge is 2.31. The van der Waals surface area contributed by atoms with Crippen LogP contribution >= 0.6 is 23.5 Å². The number of thioether (sulfide) groups is 2. The van der Waals surface area contributed by atoms with Crippen LogP contribution in [0.5, 0.6) is 5.75 Å². The molecule has 0 saturated heterocycles. The van der Waals surface area contributed by atoms with Crippen molar-refractivity contribution in [2.45, 2.75) is 108 Å². The number of carbonyl (C=O) groups is 2. The van der Waals surface area contributed by atoms with Crippen molar-refractivity contribution >= 4 is 35.5 Å². The van der Waals surface area contributed by atoms with Crippen molar-refractivity contribution in [2.75, 3.05) is 6.61 Å². The zero-order chi connectivity index (χ0) is 27.9. The van der Waals surface area contributed by atoms with Gasteiger partial charge in [0.2, 0.25) is 0 Å². The van der Waals surface area contributed by atoms with Crippen LogP contribution < -0.4 is 4.74 Å². The lowest BCUT2D eigenvalue weighted by Gasteiger charge is -2.27. The SMILES string of the molecule is CCC1CCC(CCCC(C)C(=O)Oc2ccc(C)c3c2S/C(=C(\C#N)C(=O)OCCC(C)(C)O)S3)CC1. The van der Waals surface area contributed by atoms with Crippen molar-refractivity contribution in [3.63, 3.8) is 0 Å². The van der Waals surface area contributed by atoms with Crippen LogP contribution in [0.1, 0.15) is 91.0 Å². The Labute approximate surface area is 235 Å². The lowest BCUT2D eigenvalue weighted by Crippen LogP contribution is -2.22. The van der Waals surface area contributed by atoms with E-state index in [-0.39, 0.29) is 30.5 Å². The molecule has 2 aliphatic rings. The van der Waals surface area contributed by atoms with Crippen LogP contribution in [0.2, 0.25) is 0 Å². The summed E-state index contributed by atoms with van der Waals surface area (Å²) in [5, 5.41) is 19.5. The smallest absolute Gasteiger partial charge is 0.350 e. The molecule has 3 rings (SSSR count). The Balaban J connectivity index is 1.59. The quantitative estimate of drug-likeness (QED) is 0.128. The highest BCUT2D eigenvalue weighted by molar-refractivity contribution is 8.24. The summed E-state index contributed by atoms with van der Waals surface area (Å²) >= 11 is 2.58. The Morgan fingerprint density at radius 1 is 1.16 bits per heavy atom. The summed E-state index contributed by atoms with van der Waals surface area (Å²) in [6.07, 6.45) is 9.89. The van der Waals surface area contributed by atoms with E-state index in [1.54, 1.807) is 19.9 Å². The normalized spacial score (nSPS) is 21.3. The van der Waals surface area contributed by atoms with E-state index in [0.29, 0.717) is 9.99 Å². The second-order valence-electron chi connectivity index (χ2n) is 11.3. The second-order valence-corrected chi connectivity index (χ2v) is 13.6. The van der Waals surface area contributed by atoms with E-state index in [1.807, 2.05) is 26.0 Å². The van der Waals surface area contributed by atoms with Gasteiger partial charge in [-0.15, -0.1) is 0 Å². The summed E-state index contributed by atoms with van der Waals surface area (Å²) in [7, 11) is 0. The van der Waals surface area contributed by atoms with Gasteiger partial charge in [0.15, 0.2) is 5.57 Å². The van der Waals surface area contributed by atoms with Gasteiger partial charge in [-0.2, -0.15) is 5.26 Å². The van der Waals surface area contributed by atoms with Gasteiger partial charge in [-0.05, 0) is 50.7 Å². The number of ether oxygens (including phenoxy) is 2. The minimum absolute atomic E-state index is 0.0167. The maximum Gasteiger partial charge on any atom is 0.350 e. The van der Waals surface area contributed by atoms with Crippen LogP contribution in [0.4, 0.5) is 0 Å². The van der Waals surface area contributed by atoms with E-state index in [0.717, 1.165) is 40.0 Å². The van der Waals surface area contributed by atoms with Crippen molar-refractivity contribution in [3.05, 3.63) is 27.5 Å². The van der Waals surface area contributed by atoms with Crippen LogP contribution in [-0.4, -0.2) is 29.3 Å². The molecule has 208 valence electrons. The maximum absolute atomic E-state index is 12.9. The molecule has 0 bridgehead atoms. The summed E-state index contributed by atoms with van der Waals surface area (Å²) < 4.78 is 11.6. The zero-order valence-corrected chi connectivity index (χ0v) is 24.9. The number of esters is 2. The Morgan fingerprint density at radius 3 is 2.45 bits per heavy atom. The fourth-order valence-corrected chi connectivity index (χ4v) is 7.50. The number of rotatable bonds is 11. The third-order valence-corrected chi connectivity index (χ3v) is 10.3. The molecule has 6 nitrogen and oxygen atoms in total. The Kier molecular flexibility index (Phi) is 11.2. The number of fused-ring (bicyclic) bond motifs is 1. The Morgan fingerprint density at radius 2 is 1.82 bits per heavy atom. The van der Waals surface area contributed by atoms with Gasteiger partial charge in [-0.1, -0.05) is 88.4 Å². The summed E-state index contributed by atoms with van der Waals surface area (Å²) in [5.41, 5.74) is -0.0649. The predicted molar refractivity (Wildman–Crippen MR) is 152 cm³/mol. The molecule has 1 aromatic rings. The number of aryl methyl sites for hydroxylation is 1. The molecule has 1 saturated carbocycles. The number of aliphatic hydroxyl groups is 1. The topological polar surface area (TPSA) is 96.6 Å². The number of nitriles is 1. The lowest BCUT2D eigenvalue weighted by atomic mass is 9.78. The largest absolute Gasteiger partial charge is 0.461 e. The molecule has 1 fully saturated rings. The van der Waals surface area contributed by atoms with Crippen LogP contribution in [0.3, 0.4) is 0 Å². The highest BCUT2D eigenvalue weighted by atomic mass is 32.2. The predicted octanol–water partition coefficient (Wildman–Crippen LogP) is 7.56. The Hall–Kier alpha value is -1.95. The van der Waals surface area contributed by atoms with Crippen molar-refractivity contribution in [2.24, 2.45) is 17.8 Å². The molecule has 1 heterocycles. The third kappa shape index (κ3) is 8.53. The molecular weight excluding hydrogens is 518 g/mol. The Bertz CT molecular complexity index is 1080. The van der Waals surface area contributed by atoms with Gasteiger partial charge in [0.05, 0.1) is 27.3 Å². The van der Waals surface area contributed by atoms with Gasteiger partial charge in [-0.3, -0.25) is 4.79 Å². The average molecular weight is 560 g/mol. The fourth-order valence-electron chi connectivity index (χ4n) is 4.86. The average Bonchev–Trinajstić information content (AvgIpc) is 3.32. The van der Waals surface area contributed by atoms with Crippen LogP contribution in [0, 0.1) is 36.0 Å². The molecular formula is C30H41NO5S2. The number of benzene rings is 1. The van der Waals surface area contributed by atoms with Crippen molar-refractivity contribution in [3.8, 4) is 11.8 Å². The molecule has 1 aliphatic heterocycles. The molecule has 0 aromatic heterocycles. The van der Waals surface area contributed by atoms with Crippen LogP contribution in [0.15, 0.2) is 31.7 Å². The van der Waals surface area contributed by atoms with E-state index in [9.17, 15) is 20.0 Å². The maximum atomic E-state index is 12.9. The van der Waals surface area contributed by atoms with E-state index < -0.39 is 11.6 Å². The van der Waals surface area contributed by atoms with Crippen LogP contribution in [-0.2, 0) is 14.3 Å². The molecule has 8 heteroatoms. The highest BCUT2D eigenvalue weighted by Crippen LogP contribution is 2.57. The minimum atomic E-state index is -0.964. The first-order valence-electron chi connectivity index (χ1n) is 13.8. The van der Waals surface area contributed by atoms with Gasteiger partial charge in [0.1, 0.15) is 11.8 Å². The molecule has 1 unspecified atom stereocenters. The third-order valence-electron chi connectivity index (χ3n) is 7.54. The molecule has 1 aromatic carbocycles. The first-order valence-corrected chi connectivity index (χ1v) is 15.4. The minimum Gasteiger partial charge on any atom is -0.461 e. The lowest BCUT2D eigenvalue weighted by molar-refractivity contribution is -0.140. The number of carbonyl (C=O) groups excluding carboxylic acids is 2. The molecule has 0 spiro atoms. The number of nitrogens with zero attached hydrogens (tertiary/aromatic N) is 1. The van der Waals surface area contributed by atoms with E-state index in [2.05, 4.69) is 6.92 Å². The summed E-state index contributed by atoms with van der Waals surface area (Å²) in [4.78, 5) is 27.2. The van der Waals surface area contributed by atoms with Crippen molar-refractivity contribution < 1.29 is 24.2 Å². The summed E-state index contributed by atoms with van der Waals surface area (Å²) in [6.45, 7) is 9.44. The van der Waals surface area contributed by atoms with Gasteiger partial charge in [0, 0.05) is 11.3 Å². The van der Waals surface area contributed by atoms with Crippen molar-refractivity contribution in [1.29, 1.82) is 5.26 Å². The monoisotopic (exact) mass is 559 g/mol. The fraction of sp³-hybridized carbons (Fsp3) is 0.633. The first kappa shape index (κ1) is 30.6. The number of hydrogen-bond acceptors (Lipinski definition) is 8. The van der Waals surface area contributed by atoms with E-state index in [1.165, 1.54) is 62.0 Å². The van der Waals surface area contributed by atoms with Crippen molar-refractivity contribution in [1.82, 2.24) is 0 Å². The van der Waals surface area contributed by atoms with Gasteiger partial charge in [-0.25, -0.2) is 4.79 Å². The summed E-state index contributed by atoms with van der Waals surface area (Å²) in [5.74, 6) is 0.981. The standard InChI is InChI=1S/C30H41NO5S2/c1-6-21-11-13-22(14-12-21)9-7-8-20(3)27(32)36-24-15-10-19(2)25-26(24)38-29(37-25)23(18-31)28(33)35-17-16-30(4,5)34/h10,15,20-22,34H,6-9,11-14,16-17H2,1-5H3/b29-23+. The molecule has 0 radical (unpaired) electrons. The molecule has 38 heavy (non-hydrogen) atoms. The first-order chi connectivity index (χ1) is 18.0.